The van der Waals surface area contributed by atoms with Gasteiger partial charge in [-0.2, -0.15) is 13.2 Å². The Balaban J connectivity index is 3.06. The lowest BCUT2D eigenvalue weighted by molar-refractivity contribution is -0.138. The standard InChI is InChI=1S/C16H13F3N2O6/c1-5-3-6(4-7(11(5)27-2)16(17,18)19)8-9(14(23)24)12(20)21-13(22)10(8)15(25)26/h3-4H,1-2H3,(H,23,24)(H,25,26)(H3,20,21,22). The fraction of sp³-hybridized carbons (Fsp3) is 0.188. The van der Waals surface area contributed by atoms with Crippen LogP contribution in [0.5, 0.6) is 5.75 Å². The Hall–Kier alpha value is -3.50. The van der Waals surface area contributed by atoms with Gasteiger partial charge in [0, 0.05) is 5.56 Å². The molecule has 2 aromatic rings. The van der Waals surface area contributed by atoms with E-state index in [1.54, 1.807) is 0 Å². The Labute approximate surface area is 149 Å². The molecule has 0 amide bonds. The van der Waals surface area contributed by atoms with Crippen LogP contribution in [0, 0.1) is 6.92 Å². The Morgan fingerprint density at radius 3 is 2.15 bits per heavy atom. The Kier molecular flexibility index (Phi) is 4.89. The number of H-pyrrole nitrogens is 1. The zero-order valence-electron chi connectivity index (χ0n) is 13.9. The minimum atomic E-state index is -4.88. The van der Waals surface area contributed by atoms with Crippen molar-refractivity contribution in [3.8, 4) is 16.9 Å². The topological polar surface area (TPSA) is 143 Å². The lowest BCUT2D eigenvalue weighted by atomic mass is 9.92. The summed E-state index contributed by atoms with van der Waals surface area (Å²) in [4.78, 5) is 36.9. The van der Waals surface area contributed by atoms with Crippen LogP contribution < -0.4 is 16.0 Å². The summed E-state index contributed by atoms with van der Waals surface area (Å²) >= 11 is 0. The number of pyridine rings is 1. The molecule has 8 nitrogen and oxygen atoms in total. The first-order chi connectivity index (χ1) is 12.4. The molecule has 144 valence electrons. The number of aromatic carboxylic acids is 2. The average molecular weight is 386 g/mol. The van der Waals surface area contributed by atoms with Gasteiger partial charge in [-0.15, -0.1) is 0 Å². The van der Waals surface area contributed by atoms with Crippen molar-refractivity contribution < 1.29 is 37.7 Å². The van der Waals surface area contributed by atoms with Crippen molar-refractivity contribution in [2.24, 2.45) is 0 Å². The number of methoxy groups -OCH3 is 1. The van der Waals surface area contributed by atoms with Crippen molar-refractivity contribution >= 4 is 17.8 Å². The monoisotopic (exact) mass is 386 g/mol. The number of nitrogens with two attached hydrogens (primary N) is 1. The van der Waals surface area contributed by atoms with Crippen molar-refractivity contribution in [3.05, 3.63) is 44.7 Å². The van der Waals surface area contributed by atoms with Crippen LogP contribution in [0.1, 0.15) is 31.8 Å². The maximum Gasteiger partial charge on any atom is 0.419 e. The molecule has 0 unspecified atom stereocenters. The number of hydrogen-bond acceptors (Lipinski definition) is 5. The molecular formula is C16H13F3N2O6. The van der Waals surface area contributed by atoms with Gasteiger partial charge in [-0.25, -0.2) is 9.59 Å². The summed E-state index contributed by atoms with van der Waals surface area (Å²) in [6.45, 7) is 1.26. The maximum atomic E-state index is 13.4. The molecule has 0 atom stereocenters. The highest BCUT2D eigenvalue weighted by Gasteiger charge is 2.37. The van der Waals surface area contributed by atoms with Crippen LogP contribution in [0.15, 0.2) is 16.9 Å². The van der Waals surface area contributed by atoms with Crippen LogP contribution in [-0.2, 0) is 6.18 Å². The molecule has 1 aromatic heterocycles. The quantitative estimate of drug-likeness (QED) is 0.632. The number of aromatic nitrogens is 1. The van der Waals surface area contributed by atoms with Gasteiger partial charge in [0.1, 0.15) is 22.7 Å². The van der Waals surface area contributed by atoms with E-state index in [0.29, 0.717) is 6.07 Å². The summed E-state index contributed by atoms with van der Waals surface area (Å²) in [6.07, 6.45) is -4.88. The van der Waals surface area contributed by atoms with E-state index >= 15 is 0 Å². The molecule has 2 rings (SSSR count). The third-order valence-electron chi connectivity index (χ3n) is 3.75. The van der Waals surface area contributed by atoms with E-state index in [1.807, 2.05) is 4.98 Å². The number of carbonyl (C=O) groups is 2. The number of hydrogen-bond donors (Lipinski definition) is 4. The van der Waals surface area contributed by atoms with Gasteiger partial charge in [-0.1, -0.05) is 0 Å². The number of carboxylic acids is 2. The number of anilines is 1. The molecule has 0 aliphatic carbocycles. The molecule has 0 radical (unpaired) electrons. The van der Waals surface area contributed by atoms with E-state index in [4.69, 9.17) is 10.5 Å². The van der Waals surface area contributed by atoms with Crippen molar-refractivity contribution in [3.63, 3.8) is 0 Å². The van der Waals surface area contributed by atoms with Crippen LogP contribution in [0.25, 0.3) is 11.1 Å². The molecule has 0 spiro atoms. The van der Waals surface area contributed by atoms with Crippen LogP contribution >= 0.6 is 0 Å². The second kappa shape index (κ2) is 6.67. The van der Waals surface area contributed by atoms with Gasteiger partial charge in [0.15, 0.2) is 0 Å². The molecule has 0 saturated heterocycles. The number of alkyl halides is 3. The lowest BCUT2D eigenvalue weighted by Crippen LogP contribution is -2.24. The number of benzene rings is 1. The van der Waals surface area contributed by atoms with Crippen molar-refractivity contribution in [1.29, 1.82) is 0 Å². The molecule has 11 heteroatoms. The minimum Gasteiger partial charge on any atom is -0.496 e. The third-order valence-corrected chi connectivity index (χ3v) is 3.75. The summed E-state index contributed by atoms with van der Waals surface area (Å²) in [6, 6.07) is 1.60. The normalized spacial score (nSPS) is 11.3. The van der Waals surface area contributed by atoms with E-state index in [0.717, 1.165) is 13.2 Å². The van der Waals surface area contributed by atoms with Gasteiger partial charge in [0.2, 0.25) is 0 Å². The van der Waals surface area contributed by atoms with Crippen molar-refractivity contribution in [1.82, 2.24) is 4.98 Å². The van der Waals surface area contributed by atoms with E-state index < -0.39 is 63.1 Å². The second-order valence-corrected chi connectivity index (χ2v) is 5.47. The zero-order valence-corrected chi connectivity index (χ0v) is 13.9. The Morgan fingerprint density at radius 2 is 1.70 bits per heavy atom. The largest absolute Gasteiger partial charge is 0.496 e. The number of nitrogens with one attached hydrogen (secondary N) is 1. The minimum absolute atomic E-state index is 0.0474. The van der Waals surface area contributed by atoms with E-state index in [-0.39, 0.29) is 5.56 Å². The number of rotatable bonds is 4. The first-order valence-electron chi connectivity index (χ1n) is 7.18. The SMILES string of the molecule is COc1c(C)cc(-c2c(C(=O)O)c(N)[nH]c(=O)c2C(=O)O)cc1C(F)(F)F. The summed E-state index contributed by atoms with van der Waals surface area (Å²) in [5.74, 6) is -4.74. The molecule has 5 N–H and O–H groups in total. The van der Waals surface area contributed by atoms with Crippen LogP contribution in [0.4, 0.5) is 19.0 Å². The molecule has 0 aliphatic heterocycles. The van der Waals surface area contributed by atoms with Gasteiger partial charge >= 0.3 is 18.1 Å². The predicted molar refractivity (Wildman–Crippen MR) is 87.1 cm³/mol. The molecule has 1 heterocycles. The highest BCUT2D eigenvalue weighted by atomic mass is 19.4. The van der Waals surface area contributed by atoms with Gasteiger partial charge < -0.3 is 25.7 Å². The maximum absolute atomic E-state index is 13.4. The molecule has 0 saturated carbocycles. The Morgan fingerprint density at radius 1 is 1.15 bits per heavy atom. The lowest BCUT2D eigenvalue weighted by Gasteiger charge is -2.18. The first kappa shape index (κ1) is 19.8. The van der Waals surface area contributed by atoms with Gasteiger partial charge in [-0.3, -0.25) is 4.79 Å². The summed E-state index contributed by atoms with van der Waals surface area (Å²) in [7, 11) is 1.02. The first-order valence-corrected chi connectivity index (χ1v) is 7.18. The highest BCUT2D eigenvalue weighted by molar-refractivity contribution is 6.07. The van der Waals surface area contributed by atoms with E-state index in [2.05, 4.69) is 0 Å². The molecule has 0 bridgehead atoms. The third kappa shape index (κ3) is 3.43. The zero-order chi connectivity index (χ0) is 20.7. The number of aryl methyl sites for hydroxylation is 1. The Bertz CT molecular complexity index is 1010. The van der Waals surface area contributed by atoms with Crippen LogP contribution in [-0.4, -0.2) is 34.2 Å². The summed E-state index contributed by atoms with van der Waals surface area (Å²) in [5, 5.41) is 18.7. The van der Waals surface area contributed by atoms with Crippen molar-refractivity contribution in [2.75, 3.05) is 12.8 Å². The number of ether oxygens (including phenoxy) is 1. The van der Waals surface area contributed by atoms with E-state index in [9.17, 15) is 37.8 Å². The fourth-order valence-corrected chi connectivity index (χ4v) is 2.74. The average Bonchev–Trinajstić information content (AvgIpc) is 2.51. The van der Waals surface area contributed by atoms with Crippen molar-refractivity contribution in [2.45, 2.75) is 13.1 Å². The number of nitrogen functional groups attached to an aromatic ring is 1. The molecule has 1 aromatic carbocycles. The smallest absolute Gasteiger partial charge is 0.419 e. The molecule has 0 aliphatic rings. The fourth-order valence-electron chi connectivity index (χ4n) is 2.74. The molecule has 27 heavy (non-hydrogen) atoms. The number of aromatic amines is 1. The molecular weight excluding hydrogens is 373 g/mol. The van der Waals surface area contributed by atoms with E-state index in [1.165, 1.54) is 6.92 Å². The summed E-state index contributed by atoms with van der Waals surface area (Å²) in [5.41, 5.74) is -0.133. The number of halogens is 3. The van der Waals surface area contributed by atoms with Gasteiger partial charge in [-0.05, 0) is 30.2 Å². The van der Waals surface area contributed by atoms with Crippen LogP contribution in [0.3, 0.4) is 0 Å². The van der Waals surface area contributed by atoms with Gasteiger partial charge in [0.05, 0.1) is 12.7 Å². The molecule has 0 fully saturated rings. The highest BCUT2D eigenvalue weighted by Crippen LogP contribution is 2.42. The second-order valence-electron chi connectivity index (χ2n) is 5.47. The predicted octanol–water partition coefficient (Wildman–Crippen LogP) is 2.36. The van der Waals surface area contributed by atoms with Gasteiger partial charge in [0.25, 0.3) is 5.56 Å². The van der Waals surface area contributed by atoms with Crippen LogP contribution in [0.2, 0.25) is 0 Å². The summed E-state index contributed by atoms with van der Waals surface area (Å²) < 4.78 is 44.9. The number of carboxylic acid groups (broad SMARTS) is 2.